The summed E-state index contributed by atoms with van der Waals surface area (Å²) < 4.78 is 21.9. The predicted molar refractivity (Wildman–Crippen MR) is 119 cm³/mol. The number of esters is 1. The molecule has 0 bridgehead atoms. The lowest BCUT2D eigenvalue weighted by Gasteiger charge is -2.26. The monoisotopic (exact) mass is 454 g/mol. The van der Waals surface area contributed by atoms with Crippen molar-refractivity contribution in [3.05, 3.63) is 81.9 Å². The van der Waals surface area contributed by atoms with Crippen LogP contribution in [0.2, 0.25) is 5.02 Å². The molecule has 0 aliphatic carbocycles. The fraction of sp³-hybridized carbons (Fsp3) is 0.250. The van der Waals surface area contributed by atoms with Crippen LogP contribution in [-0.4, -0.2) is 25.8 Å². The average molecular weight is 455 g/mol. The molecule has 0 amide bonds. The Labute approximate surface area is 191 Å². The minimum atomic E-state index is -0.689. The molecule has 0 saturated heterocycles. The highest BCUT2D eigenvalue weighted by Gasteiger charge is 2.36. The van der Waals surface area contributed by atoms with Gasteiger partial charge in [0.05, 0.1) is 23.1 Å². The molecule has 1 unspecified atom stereocenters. The van der Waals surface area contributed by atoms with Gasteiger partial charge in [-0.25, -0.2) is 4.79 Å². The highest BCUT2D eigenvalue weighted by atomic mass is 35.5. The number of carbonyl (C=O) groups is 1. The van der Waals surface area contributed by atoms with Crippen molar-refractivity contribution in [3.63, 3.8) is 0 Å². The second kappa shape index (κ2) is 10.6. The van der Waals surface area contributed by atoms with Crippen LogP contribution in [0.5, 0.6) is 11.5 Å². The van der Waals surface area contributed by atoms with Gasteiger partial charge in [-0.3, -0.25) is 0 Å². The summed E-state index contributed by atoms with van der Waals surface area (Å²) in [6.07, 6.45) is 0. The molecule has 32 heavy (non-hydrogen) atoms. The first kappa shape index (κ1) is 23.0. The number of hydrogen-bond donors (Lipinski definition) is 1. The van der Waals surface area contributed by atoms with E-state index in [9.17, 15) is 10.1 Å². The molecular weight excluding hydrogens is 432 g/mol. The Bertz CT molecular complexity index is 1090. The quantitative estimate of drug-likeness (QED) is 0.464. The molecule has 0 spiro atoms. The van der Waals surface area contributed by atoms with Gasteiger partial charge in [-0.1, -0.05) is 35.9 Å². The largest absolute Gasteiger partial charge is 0.490 e. The van der Waals surface area contributed by atoms with Crippen LogP contribution in [-0.2, 0) is 14.3 Å². The number of nitrogens with two attached hydrogens (primary N) is 1. The summed E-state index contributed by atoms with van der Waals surface area (Å²) in [6.45, 7) is 4.16. The Morgan fingerprint density at radius 2 is 1.84 bits per heavy atom. The maximum absolute atomic E-state index is 12.6. The van der Waals surface area contributed by atoms with Gasteiger partial charge < -0.3 is 24.7 Å². The molecule has 1 atom stereocenters. The molecule has 2 aromatic rings. The van der Waals surface area contributed by atoms with Crippen LogP contribution >= 0.6 is 11.6 Å². The minimum absolute atomic E-state index is 0.0277. The van der Waals surface area contributed by atoms with Gasteiger partial charge in [0.15, 0.2) is 0 Å². The van der Waals surface area contributed by atoms with Crippen LogP contribution in [0, 0.1) is 11.3 Å². The second-order valence-corrected chi connectivity index (χ2v) is 7.22. The van der Waals surface area contributed by atoms with Crippen molar-refractivity contribution in [2.75, 3.05) is 19.8 Å². The highest BCUT2D eigenvalue weighted by molar-refractivity contribution is 6.32. The molecule has 0 fully saturated rings. The van der Waals surface area contributed by atoms with Crippen molar-refractivity contribution in [1.29, 1.82) is 5.26 Å². The van der Waals surface area contributed by atoms with E-state index in [0.29, 0.717) is 41.1 Å². The first-order chi connectivity index (χ1) is 15.5. The van der Waals surface area contributed by atoms with Crippen LogP contribution in [0.25, 0.3) is 0 Å². The second-order valence-electron chi connectivity index (χ2n) is 6.81. The molecule has 7 nitrogen and oxygen atoms in total. The van der Waals surface area contributed by atoms with E-state index in [2.05, 4.69) is 6.07 Å². The summed E-state index contributed by atoms with van der Waals surface area (Å²) in [7, 11) is 0. The number of nitrogens with zero attached hydrogens (tertiary/aromatic N) is 1. The summed E-state index contributed by atoms with van der Waals surface area (Å²) >= 11 is 6.06. The van der Waals surface area contributed by atoms with Crippen molar-refractivity contribution >= 4 is 17.6 Å². The van der Waals surface area contributed by atoms with Crippen LogP contribution in [0.1, 0.15) is 25.3 Å². The fourth-order valence-corrected chi connectivity index (χ4v) is 3.51. The third-order valence-electron chi connectivity index (χ3n) is 4.76. The Kier molecular flexibility index (Phi) is 7.63. The molecule has 3 rings (SSSR count). The molecule has 166 valence electrons. The molecule has 2 N–H and O–H groups in total. The number of benzene rings is 2. The predicted octanol–water partition coefficient (Wildman–Crippen LogP) is 4.44. The van der Waals surface area contributed by atoms with Gasteiger partial charge in [0, 0.05) is 0 Å². The molecule has 1 aliphatic rings. The number of para-hydroxylation sites is 1. The number of halogens is 1. The minimum Gasteiger partial charge on any atom is -0.490 e. The number of carbonyl (C=O) groups excluding carboxylic acids is 1. The summed E-state index contributed by atoms with van der Waals surface area (Å²) in [5.41, 5.74) is 7.01. The zero-order valence-corrected chi connectivity index (χ0v) is 18.5. The van der Waals surface area contributed by atoms with E-state index >= 15 is 0 Å². The molecule has 1 heterocycles. The fourth-order valence-electron chi connectivity index (χ4n) is 3.32. The third-order valence-corrected chi connectivity index (χ3v) is 5.07. The summed E-state index contributed by atoms with van der Waals surface area (Å²) in [4.78, 5) is 12.6. The molecule has 2 aromatic carbocycles. The van der Waals surface area contributed by atoms with E-state index in [4.69, 9.17) is 36.3 Å². The van der Waals surface area contributed by atoms with Gasteiger partial charge >= 0.3 is 5.97 Å². The SMILES string of the molecule is CCOC(=O)C1=C(C)OC(N)=C(C#N)C1c1ccc(OCCOc2ccccc2Cl)cc1. The van der Waals surface area contributed by atoms with E-state index in [1.165, 1.54) is 0 Å². The molecule has 0 saturated carbocycles. The van der Waals surface area contributed by atoms with E-state index in [1.807, 2.05) is 12.1 Å². The third kappa shape index (κ3) is 5.16. The number of ether oxygens (including phenoxy) is 4. The highest BCUT2D eigenvalue weighted by Crippen LogP contribution is 2.40. The zero-order chi connectivity index (χ0) is 23.1. The van der Waals surface area contributed by atoms with E-state index in [1.54, 1.807) is 50.2 Å². The lowest BCUT2D eigenvalue weighted by atomic mass is 9.83. The van der Waals surface area contributed by atoms with Crippen molar-refractivity contribution in [2.45, 2.75) is 19.8 Å². The first-order valence-corrected chi connectivity index (χ1v) is 10.4. The zero-order valence-electron chi connectivity index (χ0n) is 17.8. The van der Waals surface area contributed by atoms with Crippen molar-refractivity contribution in [2.24, 2.45) is 5.73 Å². The van der Waals surface area contributed by atoms with E-state index < -0.39 is 11.9 Å². The number of allylic oxidation sites excluding steroid dienone is 2. The van der Waals surface area contributed by atoms with E-state index in [0.717, 1.165) is 0 Å². The van der Waals surface area contributed by atoms with Crippen LogP contribution in [0.15, 0.2) is 71.3 Å². The molecule has 0 aromatic heterocycles. The molecule has 8 heteroatoms. The van der Waals surface area contributed by atoms with Crippen molar-refractivity contribution in [1.82, 2.24) is 0 Å². The van der Waals surface area contributed by atoms with Crippen LogP contribution in [0.3, 0.4) is 0 Å². The van der Waals surface area contributed by atoms with Crippen LogP contribution < -0.4 is 15.2 Å². The maximum atomic E-state index is 12.6. The summed E-state index contributed by atoms with van der Waals surface area (Å²) in [6, 6.07) is 16.3. The van der Waals surface area contributed by atoms with Gasteiger partial charge in [-0.2, -0.15) is 5.26 Å². The Morgan fingerprint density at radius 1 is 1.16 bits per heavy atom. The lowest BCUT2D eigenvalue weighted by molar-refractivity contribution is -0.139. The van der Waals surface area contributed by atoms with Gasteiger partial charge in [-0.15, -0.1) is 0 Å². The van der Waals surface area contributed by atoms with Gasteiger partial charge in [0.1, 0.15) is 42.1 Å². The lowest BCUT2D eigenvalue weighted by Crippen LogP contribution is -2.25. The van der Waals surface area contributed by atoms with E-state index in [-0.39, 0.29) is 23.6 Å². The van der Waals surface area contributed by atoms with Crippen molar-refractivity contribution < 1.29 is 23.7 Å². The van der Waals surface area contributed by atoms with Crippen molar-refractivity contribution in [3.8, 4) is 17.6 Å². The smallest absolute Gasteiger partial charge is 0.338 e. The summed E-state index contributed by atoms with van der Waals surface area (Å²) in [5.74, 6) is 0.243. The average Bonchev–Trinajstić information content (AvgIpc) is 2.78. The first-order valence-electron chi connectivity index (χ1n) is 10.0. The molecule has 0 radical (unpaired) electrons. The number of nitriles is 1. The van der Waals surface area contributed by atoms with Gasteiger partial charge in [0.25, 0.3) is 0 Å². The topological polar surface area (TPSA) is 104 Å². The number of rotatable bonds is 8. The van der Waals surface area contributed by atoms with Crippen LogP contribution in [0.4, 0.5) is 0 Å². The Hall–Kier alpha value is -3.63. The summed E-state index contributed by atoms with van der Waals surface area (Å²) in [5, 5.41) is 10.2. The normalized spacial score (nSPS) is 15.6. The Morgan fingerprint density at radius 3 is 2.50 bits per heavy atom. The van der Waals surface area contributed by atoms with Gasteiger partial charge in [-0.05, 0) is 43.7 Å². The molecular formula is C24H23ClN2O5. The van der Waals surface area contributed by atoms with Gasteiger partial charge in [0.2, 0.25) is 5.88 Å². The molecule has 1 aliphatic heterocycles. The maximum Gasteiger partial charge on any atom is 0.338 e. The standard InChI is InChI=1S/C24H23ClN2O5/c1-3-29-24(28)21-15(2)32-23(27)18(14-26)22(21)16-8-10-17(11-9-16)30-12-13-31-20-7-5-4-6-19(20)25/h4-11,22H,3,12-13,27H2,1-2H3. The number of hydrogen-bond acceptors (Lipinski definition) is 7. The Balaban J connectivity index is 1.72.